The van der Waals surface area contributed by atoms with Crippen LogP contribution in [0.5, 0.6) is 0 Å². The molecular weight excluding hydrogens is 216 g/mol. The summed E-state index contributed by atoms with van der Waals surface area (Å²) >= 11 is 0. The molecule has 17 heavy (non-hydrogen) atoms. The van der Waals surface area contributed by atoms with Crippen LogP contribution < -0.4 is 10.9 Å². The molecule has 0 aliphatic carbocycles. The molecule has 0 amide bonds. The quantitative estimate of drug-likeness (QED) is 0.595. The SMILES string of the molecule is C#CCNCCn1ccn2nc(C)cc2c1=O. The molecule has 0 atom stereocenters. The summed E-state index contributed by atoms with van der Waals surface area (Å²) in [5, 5.41) is 7.23. The summed E-state index contributed by atoms with van der Waals surface area (Å²) in [7, 11) is 0. The van der Waals surface area contributed by atoms with E-state index >= 15 is 0 Å². The Morgan fingerprint density at radius 3 is 3.12 bits per heavy atom. The molecule has 0 aromatic carbocycles. The minimum absolute atomic E-state index is 0.0318. The summed E-state index contributed by atoms with van der Waals surface area (Å²) in [6.45, 7) is 3.66. The Balaban J connectivity index is 2.21. The zero-order chi connectivity index (χ0) is 12.3. The number of nitrogens with one attached hydrogen (secondary N) is 1. The highest BCUT2D eigenvalue weighted by Crippen LogP contribution is 1.99. The fourth-order valence-corrected chi connectivity index (χ4v) is 1.68. The Morgan fingerprint density at radius 1 is 1.53 bits per heavy atom. The van der Waals surface area contributed by atoms with Crippen LogP contribution in [0.3, 0.4) is 0 Å². The fraction of sp³-hybridized carbons (Fsp3) is 0.333. The minimum atomic E-state index is -0.0318. The summed E-state index contributed by atoms with van der Waals surface area (Å²) in [5.41, 5.74) is 1.41. The molecule has 2 rings (SSSR count). The predicted molar refractivity (Wildman–Crippen MR) is 65.9 cm³/mol. The van der Waals surface area contributed by atoms with Crippen molar-refractivity contribution in [3.63, 3.8) is 0 Å². The summed E-state index contributed by atoms with van der Waals surface area (Å²) in [6.07, 6.45) is 8.64. The molecule has 0 saturated carbocycles. The molecule has 0 bridgehead atoms. The van der Waals surface area contributed by atoms with Crippen molar-refractivity contribution in [2.75, 3.05) is 13.1 Å². The summed E-state index contributed by atoms with van der Waals surface area (Å²) in [4.78, 5) is 12.0. The first kappa shape index (κ1) is 11.4. The van der Waals surface area contributed by atoms with Crippen molar-refractivity contribution in [2.45, 2.75) is 13.5 Å². The molecule has 0 aliphatic heterocycles. The van der Waals surface area contributed by atoms with E-state index in [9.17, 15) is 4.79 Å². The van der Waals surface area contributed by atoms with E-state index in [1.54, 1.807) is 27.5 Å². The Morgan fingerprint density at radius 2 is 2.35 bits per heavy atom. The second-order valence-corrected chi connectivity index (χ2v) is 3.79. The molecule has 1 N–H and O–H groups in total. The molecule has 5 nitrogen and oxygen atoms in total. The first-order valence-corrected chi connectivity index (χ1v) is 5.42. The van der Waals surface area contributed by atoms with Crippen LogP contribution in [0.2, 0.25) is 0 Å². The van der Waals surface area contributed by atoms with Gasteiger partial charge in [-0.15, -0.1) is 6.42 Å². The number of rotatable bonds is 4. The number of aryl methyl sites for hydroxylation is 1. The Bertz CT molecular complexity index is 617. The molecule has 0 fully saturated rings. The molecule has 88 valence electrons. The lowest BCUT2D eigenvalue weighted by Crippen LogP contribution is -2.27. The van der Waals surface area contributed by atoms with Crippen molar-refractivity contribution in [3.8, 4) is 12.3 Å². The zero-order valence-electron chi connectivity index (χ0n) is 9.68. The summed E-state index contributed by atoms with van der Waals surface area (Å²) in [6, 6.07) is 1.79. The van der Waals surface area contributed by atoms with E-state index in [1.807, 2.05) is 6.92 Å². The number of hydrogen-bond acceptors (Lipinski definition) is 3. The van der Waals surface area contributed by atoms with E-state index in [4.69, 9.17) is 6.42 Å². The predicted octanol–water partition coefficient (Wildman–Crippen LogP) is 0.0272. The van der Waals surface area contributed by atoms with E-state index < -0.39 is 0 Å². The molecule has 5 heteroatoms. The first-order chi connectivity index (χ1) is 8.22. The fourth-order valence-electron chi connectivity index (χ4n) is 1.68. The van der Waals surface area contributed by atoms with Crippen LogP contribution in [0.25, 0.3) is 5.52 Å². The van der Waals surface area contributed by atoms with Crippen molar-refractivity contribution >= 4 is 5.52 Å². The third kappa shape index (κ3) is 2.37. The van der Waals surface area contributed by atoms with E-state index in [-0.39, 0.29) is 5.56 Å². The topological polar surface area (TPSA) is 51.3 Å². The molecule has 0 saturated heterocycles. The smallest absolute Gasteiger partial charge is 0.276 e. The molecule has 0 unspecified atom stereocenters. The van der Waals surface area contributed by atoms with Gasteiger partial charge in [-0.3, -0.25) is 4.79 Å². The van der Waals surface area contributed by atoms with Crippen molar-refractivity contribution in [1.82, 2.24) is 19.5 Å². The third-order valence-electron chi connectivity index (χ3n) is 2.48. The van der Waals surface area contributed by atoms with Crippen LogP contribution in [0.4, 0.5) is 0 Å². The third-order valence-corrected chi connectivity index (χ3v) is 2.48. The number of hydrogen-bond donors (Lipinski definition) is 1. The van der Waals surface area contributed by atoms with Gasteiger partial charge in [-0.1, -0.05) is 5.92 Å². The zero-order valence-corrected chi connectivity index (χ0v) is 9.68. The second-order valence-electron chi connectivity index (χ2n) is 3.79. The number of aromatic nitrogens is 3. The highest BCUT2D eigenvalue weighted by atomic mass is 16.1. The van der Waals surface area contributed by atoms with Gasteiger partial charge in [0.25, 0.3) is 5.56 Å². The van der Waals surface area contributed by atoms with Gasteiger partial charge in [0.2, 0.25) is 0 Å². The largest absolute Gasteiger partial charge is 0.311 e. The van der Waals surface area contributed by atoms with Gasteiger partial charge >= 0.3 is 0 Å². The van der Waals surface area contributed by atoms with Crippen molar-refractivity contribution < 1.29 is 0 Å². The average Bonchev–Trinajstić information content (AvgIpc) is 2.69. The maximum Gasteiger partial charge on any atom is 0.276 e. The lowest BCUT2D eigenvalue weighted by molar-refractivity contribution is 0.609. The Labute approximate surface area is 99.1 Å². The highest BCUT2D eigenvalue weighted by molar-refractivity contribution is 5.44. The number of terminal acetylenes is 1. The molecule has 0 aliphatic rings. The Kier molecular flexibility index (Phi) is 3.26. The van der Waals surface area contributed by atoms with Gasteiger partial charge in [0.15, 0.2) is 0 Å². The van der Waals surface area contributed by atoms with Gasteiger partial charge in [-0.05, 0) is 13.0 Å². The van der Waals surface area contributed by atoms with Crippen molar-refractivity contribution in [3.05, 3.63) is 34.5 Å². The van der Waals surface area contributed by atoms with Crippen LogP contribution in [-0.2, 0) is 6.54 Å². The summed E-state index contributed by atoms with van der Waals surface area (Å²) in [5.74, 6) is 2.49. The van der Waals surface area contributed by atoms with Gasteiger partial charge in [0.1, 0.15) is 5.52 Å². The molecule has 2 aromatic heterocycles. The molecule has 2 heterocycles. The second kappa shape index (κ2) is 4.85. The van der Waals surface area contributed by atoms with Crippen LogP contribution in [-0.4, -0.2) is 27.3 Å². The minimum Gasteiger partial charge on any atom is -0.311 e. The molecule has 2 aromatic rings. The molecular formula is C12H14N4O. The monoisotopic (exact) mass is 230 g/mol. The van der Waals surface area contributed by atoms with E-state index in [0.717, 1.165) is 5.69 Å². The number of nitrogens with zero attached hydrogens (tertiary/aromatic N) is 3. The van der Waals surface area contributed by atoms with E-state index in [2.05, 4.69) is 16.3 Å². The normalized spacial score (nSPS) is 10.6. The highest BCUT2D eigenvalue weighted by Gasteiger charge is 2.04. The maximum absolute atomic E-state index is 12.0. The Hall–Kier alpha value is -2.06. The maximum atomic E-state index is 12.0. The van der Waals surface area contributed by atoms with Gasteiger partial charge in [0, 0.05) is 25.5 Å². The standard InChI is InChI=1S/C12H14N4O/c1-3-4-13-5-6-15-7-8-16-11(12(15)17)9-10(2)14-16/h1,7-9,13H,4-6H2,2H3. The van der Waals surface area contributed by atoms with E-state index in [1.165, 1.54) is 0 Å². The van der Waals surface area contributed by atoms with Crippen LogP contribution in [0, 0.1) is 19.3 Å². The summed E-state index contributed by atoms with van der Waals surface area (Å²) < 4.78 is 3.25. The lowest BCUT2D eigenvalue weighted by Gasteiger charge is -2.05. The van der Waals surface area contributed by atoms with Crippen molar-refractivity contribution in [2.24, 2.45) is 0 Å². The van der Waals surface area contributed by atoms with Crippen LogP contribution in [0.1, 0.15) is 5.69 Å². The average molecular weight is 230 g/mol. The number of fused-ring (bicyclic) bond motifs is 1. The molecule has 0 spiro atoms. The first-order valence-electron chi connectivity index (χ1n) is 5.42. The van der Waals surface area contributed by atoms with Crippen LogP contribution in [0.15, 0.2) is 23.3 Å². The van der Waals surface area contributed by atoms with Gasteiger partial charge in [-0.2, -0.15) is 5.10 Å². The van der Waals surface area contributed by atoms with Gasteiger partial charge in [0.05, 0.1) is 12.2 Å². The van der Waals surface area contributed by atoms with Crippen molar-refractivity contribution in [1.29, 1.82) is 0 Å². The van der Waals surface area contributed by atoms with E-state index in [0.29, 0.717) is 25.2 Å². The van der Waals surface area contributed by atoms with Crippen LogP contribution >= 0.6 is 0 Å². The lowest BCUT2D eigenvalue weighted by atomic mass is 10.4. The van der Waals surface area contributed by atoms with Gasteiger partial charge in [-0.25, -0.2) is 4.52 Å². The van der Waals surface area contributed by atoms with Gasteiger partial charge < -0.3 is 9.88 Å². The molecule has 0 radical (unpaired) electrons.